The molecule has 0 aromatic carbocycles. The van der Waals surface area contributed by atoms with Crippen LogP contribution in [-0.4, -0.2) is 34.9 Å². The molecular formula is C35H69NO3. The van der Waals surface area contributed by atoms with Gasteiger partial charge in [0, 0.05) is 6.42 Å². The highest BCUT2D eigenvalue weighted by molar-refractivity contribution is 5.76. The van der Waals surface area contributed by atoms with Gasteiger partial charge in [-0.15, -0.1) is 0 Å². The lowest BCUT2D eigenvalue weighted by Crippen LogP contribution is -2.45. The topological polar surface area (TPSA) is 69.6 Å². The van der Waals surface area contributed by atoms with Crippen LogP contribution in [0.3, 0.4) is 0 Å². The quantitative estimate of drug-likeness (QED) is 0.0593. The average Bonchev–Trinajstić information content (AvgIpc) is 2.94. The van der Waals surface area contributed by atoms with Gasteiger partial charge in [-0.25, -0.2) is 0 Å². The summed E-state index contributed by atoms with van der Waals surface area (Å²) in [6, 6.07) is -0.532. The first kappa shape index (κ1) is 38.1. The number of hydrogen-bond donors (Lipinski definition) is 3. The highest BCUT2D eigenvalue weighted by Crippen LogP contribution is 2.14. The standard InChI is InChI=1S/C35H69NO3/c1-3-5-7-9-11-13-15-16-17-18-19-20-21-23-25-27-29-31-35(39)36-33(32-37)34(38)30-28-26-24-22-14-12-10-8-6-4-2/h16-17,33-34,37-38H,3-15,18-32H2,1-2H3,(H,36,39)/b17-16+/t33-,34+/m0/s1. The molecule has 0 aromatic rings. The molecule has 0 heterocycles. The number of unbranched alkanes of at least 4 members (excludes halogenated alkanes) is 22. The summed E-state index contributed by atoms with van der Waals surface area (Å²) in [5, 5.41) is 22.9. The number of carbonyl (C=O) groups excluding carboxylic acids is 1. The Morgan fingerprint density at radius 3 is 1.41 bits per heavy atom. The number of allylic oxidation sites excluding steroid dienone is 2. The van der Waals surface area contributed by atoms with Gasteiger partial charge in [0.15, 0.2) is 0 Å². The van der Waals surface area contributed by atoms with Gasteiger partial charge in [-0.05, 0) is 38.5 Å². The fourth-order valence-corrected chi connectivity index (χ4v) is 5.29. The predicted molar refractivity (Wildman–Crippen MR) is 170 cm³/mol. The zero-order valence-corrected chi connectivity index (χ0v) is 26.4. The highest BCUT2D eigenvalue weighted by Gasteiger charge is 2.19. The van der Waals surface area contributed by atoms with Gasteiger partial charge >= 0.3 is 0 Å². The summed E-state index contributed by atoms with van der Waals surface area (Å²) in [4.78, 5) is 12.3. The molecule has 0 radical (unpaired) electrons. The van der Waals surface area contributed by atoms with Crippen molar-refractivity contribution in [2.75, 3.05) is 6.61 Å². The van der Waals surface area contributed by atoms with Crippen LogP contribution >= 0.6 is 0 Å². The monoisotopic (exact) mass is 552 g/mol. The molecule has 0 bridgehead atoms. The van der Waals surface area contributed by atoms with Crippen LogP contribution < -0.4 is 5.32 Å². The number of aliphatic hydroxyl groups is 2. The second-order valence-corrected chi connectivity index (χ2v) is 11.9. The molecule has 0 unspecified atom stereocenters. The van der Waals surface area contributed by atoms with Crippen molar-refractivity contribution in [3.63, 3.8) is 0 Å². The van der Waals surface area contributed by atoms with Gasteiger partial charge in [0.2, 0.25) is 5.91 Å². The molecule has 3 N–H and O–H groups in total. The van der Waals surface area contributed by atoms with Crippen LogP contribution in [0.5, 0.6) is 0 Å². The number of nitrogens with one attached hydrogen (secondary N) is 1. The summed E-state index contributed by atoms with van der Waals surface area (Å²) in [7, 11) is 0. The largest absolute Gasteiger partial charge is 0.394 e. The summed E-state index contributed by atoms with van der Waals surface area (Å²) in [6.45, 7) is 4.33. The van der Waals surface area contributed by atoms with Crippen LogP contribution in [-0.2, 0) is 4.79 Å². The molecular weight excluding hydrogens is 482 g/mol. The summed E-state index contributed by atoms with van der Waals surface area (Å²) in [6.07, 6.45) is 36.9. The van der Waals surface area contributed by atoms with Crippen LogP contribution in [0.2, 0.25) is 0 Å². The lowest BCUT2D eigenvalue weighted by Gasteiger charge is -2.22. The van der Waals surface area contributed by atoms with Crippen LogP contribution in [0.25, 0.3) is 0 Å². The van der Waals surface area contributed by atoms with Gasteiger partial charge in [-0.3, -0.25) is 4.79 Å². The second kappa shape index (κ2) is 31.7. The normalized spacial score (nSPS) is 13.2. The van der Waals surface area contributed by atoms with Crippen LogP contribution in [0.4, 0.5) is 0 Å². The SMILES string of the molecule is CCCCCCCC/C=C/CCCCCCCCCC(=O)N[C@@H](CO)[C@H](O)CCCCCCCCCCCC. The molecule has 1 amide bonds. The van der Waals surface area contributed by atoms with E-state index in [0.29, 0.717) is 12.8 Å². The molecule has 0 fully saturated rings. The predicted octanol–water partition coefficient (Wildman–Crippen LogP) is 9.95. The van der Waals surface area contributed by atoms with Gasteiger partial charge in [0.1, 0.15) is 0 Å². The van der Waals surface area contributed by atoms with E-state index in [4.69, 9.17) is 0 Å². The molecule has 2 atom stereocenters. The van der Waals surface area contributed by atoms with Crippen LogP contribution in [0.15, 0.2) is 12.2 Å². The van der Waals surface area contributed by atoms with E-state index in [1.54, 1.807) is 0 Å². The molecule has 4 nitrogen and oxygen atoms in total. The number of rotatable bonds is 31. The van der Waals surface area contributed by atoms with Crippen molar-refractivity contribution < 1.29 is 15.0 Å². The van der Waals surface area contributed by atoms with E-state index in [9.17, 15) is 15.0 Å². The zero-order chi connectivity index (χ0) is 28.7. The van der Waals surface area contributed by atoms with E-state index in [1.807, 2.05) is 0 Å². The highest BCUT2D eigenvalue weighted by atomic mass is 16.3. The lowest BCUT2D eigenvalue weighted by molar-refractivity contribution is -0.123. The van der Waals surface area contributed by atoms with Crippen molar-refractivity contribution in [3.05, 3.63) is 12.2 Å². The molecule has 0 spiro atoms. The Hall–Kier alpha value is -0.870. The van der Waals surface area contributed by atoms with Crippen LogP contribution in [0, 0.1) is 0 Å². The van der Waals surface area contributed by atoms with Crippen molar-refractivity contribution in [1.82, 2.24) is 5.32 Å². The Morgan fingerprint density at radius 1 is 0.590 bits per heavy atom. The molecule has 39 heavy (non-hydrogen) atoms. The number of aliphatic hydroxyl groups excluding tert-OH is 2. The minimum atomic E-state index is -0.654. The van der Waals surface area contributed by atoms with E-state index >= 15 is 0 Å². The van der Waals surface area contributed by atoms with E-state index in [0.717, 1.165) is 25.7 Å². The van der Waals surface area contributed by atoms with Crippen molar-refractivity contribution in [3.8, 4) is 0 Å². The van der Waals surface area contributed by atoms with Crippen molar-refractivity contribution >= 4 is 5.91 Å². The summed E-state index contributed by atoms with van der Waals surface area (Å²) in [5.74, 6) is -0.0380. The lowest BCUT2D eigenvalue weighted by atomic mass is 10.0. The molecule has 0 saturated heterocycles. The van der Waals surface area contributed by atoms with Crippen molar-refractivity contribution in [1.29, 1.82) is 0 Å². The fourth-order valence-electron chi connectivity index (χ4n) is 5.29. The van der Waals surface area contributed by atoms with E-state index < -0.39 is 12.1 Å². The molecule has 0 aliphatic carbocycles. The van der Waals surface area contributed by atoms with Crippen LogP contribution in [0.1, 0.15) is 187 Å². The molecule has 0 aromatic heterocycles. The number of carbonyl (C=O) groups is 1. The fraction of sp³-hybridized carbons (Fsp3) is 0.914. The molecule has 0 saturated carbocycles. The molecule has 0 aliphatic heterocycles. The first-order valence-electron chi connectivity index (χ1n) is 17.4. The Bertz CT molecular complexity index is 522. The Morgan fingerprint density at radius 2 is 0.974 bits per heavy atom. The van der Waals surface area contributed by atoms with Crippen molar-refractivity contribution in [2.24, 2.45) is 0 Å². The van der Waals surface area contributed by atoms with E-state index in [2.05, 4.69) is 31.3 Å². The third-order valence-corrected chi connectivity index (χ3v) is 8.03. The summed E-state index contributed by atoms with van der Waals surface area (Å²) >= 11 is 0. The Labute approximate surface area is 244 Å². The van der Waals surface area contributed by atoms with Gasteiger partial charge in [-0.1, -0.05) is 154 Å². The minimum Gasteiger partial charge on any atom is -0.394 e. The zero-order valence-electron chi connectivity index (χ0n) is 26.4. The van der Waals surface area contributed by atoms with Gasteiger partial charge < -0.3 is 15.5 Å². The smallest absolute Gasteiger partial charge is 0.220 e. The molecule has 0 rings (SSSR count). The summed E-state index contributed by atoms with van der Waals surface area (Å²) < 4.78 is 0. The third-order valence-electron chi connectivity index (χ3n) is 8.03. The minimum absolute atomic E-state index is 0.0380. The number of hydrogen-bond acceptors (Lipinski definition) is 3. The maximum absolute atomic E-state index is 12.3. The van der Waals surface area contributed by atoms with Gasteiger partial charge in [-0.2, -0.15) is 0 Å². The summed E-state index contributed by atoms with van der Waals surface area (Å²) in [5.41, 5.74) is 0. The van der Waals surface area contributed by atoms with Gasteiger partial charge in [0.25, 0.3) is 0 Å². The molecule has 0 aliphatic rings. The maximum atomic E-state index is 12.3. The average molecular weight is 552 g/mol. The Balaban J connectivity index is 3.56. The first-order valence-corrected chi connectivity index (χ1v) is 17.4. The van der Waals surface area contributed by atoms with E-state index in [-0.39, 0.29) is 12.5 Å². The van der Waals surface area contributed by atoms with E-state index in [1.165, 1.54) is 135 Å². The molecule has 4 heteroatoms. The number of amides is 1. The third kappa shape index (κ3) is 28.5. The molecule has 232 valence electrons. The Kier molecular flexibility index (Phi) is 30.9. The van der Waals surface area contributed by atoms with Gasteiger partial charge in [0.05, 0.1) is 18.8 Å². The van der Waals surface area contributed by atoms with Crippen molar-refractivity contribution in [2.45, 2.75) is 199 Å². The first-order chi connectivity index (χ1) is 19.2. The maximum Gasteiger partial charge on any atom is 0.220 e. The second-order valence-electron chi connectivity index (χ2n) is 11.9.